The van der Waals surface area contributed by atoms with Crippen LogP contribution in [0.25, 0.3) is 11.0 Å². The van der Waals surface area contributed by atoms with E-state index < -0.39 is 0 Å². The molecule has 4 nitrogen and oxygen atoms in total. The Labute approximate surface area is 114 Å². The van der Waals surface area contributed by atoms with Gasteiger partial charge in [-0.2, -0.15) is 0 Å². The van der Waals surface area contributed by atoms with Gasteiger partial charge in [-0.15, -0.1) is 0 Å². The molecule has 0 unspecified atom stereocenters. The number of aryl methyl sites for hydroxylation is 1. The van der Waals surface area contributed by atoms with Crippen LogP contribution in [0.1, 0.15) is 26.1 Å². The molecule has 2 aromatic rings. The summed E-state index contributed by atoms with van der Waals surface area (Å²) >= 11 is 0. The van der Waals surface area contributed by atoms with Crippen molar-refractivity contribution in [3.63, 3.8) is 0 Å². The largest absolute Gasteiger partial charge is 0.379 e. The van der Waals surface area contributed by atoms with Gasteiger partial charge in [0.15, 0.2) is 0 Å². The van der Waals surface area contributed by atoms with Crippen molar-refractivity contribution in [1.82, 2.24) is 9.55 Å². The molecule has 0 radical (unpaired) electrons. The van der Waals surface area contributed by atoms with Crippen LogP contribution < -0.4 is 5.73 Å². The minimum Gasteiger partial charge on any atom is -0.379 e. The van der Waals surface area contributed by atoms with E-state index in [1.54, 1.807) is 7.11 Å². The van der Waals surface area contributed by atoms with Crippen LogP contribution in [0.3, 0.4) is 0 Å². The quantitative estimate of drug-likeness (QED) is 0.868. The first-order chi connectivity index (χ1) is 9.07. The monoisotopic (exact) mass is 261 g/mol. The van der Waals surface area contributed by atoms with Crippen molar-refractivity contribution >= 4 is 11.0 Å². The molecule has 19 heavy (non-hydrogen) atoms. The van der Waals surface area contributed by atoms with Crippen LogP contribution in [-0.2, 0) is 17.7 Å². The predicted molar refractivity (Wildman–Crippen MR) is 78.2 cm³/mol. The summed E-state index contributed by atoms with van der Waals surface area (Å²) in [5.74, 6) is 1.07. The number of ether oxygens (including phenoxy) is 1. The maximum atomic E-state index is 5.68. The molecule has 0 saturated carbocycles. The fourth-order valence-corrected chi connectivity index (χ4v) is 2.18. The Kier molecular flexibility index (Phi) is 4.22. The van der Waals surface area contributed by atoms with Crippen LogP contribution in [0.4, 0.5) is 0 Å². The van der Waals surface area contributed by atoms with Gasteiger partial charge in [-0.3, -0.25) is 0 Å². The van der Waals surface area contributed by atoms with E-state index in [4.69, 9.17) is 10.5 Å². The van der Waals surface area contributed by atoms with Gasteiger partial charge in [0, 0.05) is 20.1 Å². The Morgan fingerprint density at radius 1 is 1.32 bits per heavy atom. The Morgan fingerprint density at radius 3 is 2.74 bits per heavy atom. The maximum Gasteiger partial charge on any atom is 0.111 e. The van der Waals surface area contributed by atoms with Crippen molar-refractivity contribution in [2.75, 3.05) is 13.7 Å². The normalized spacial score (nSPS) is 12.2. The van der Waals surface area contributed by atoms with E-state index in [2.05, 4.69) is 29.5 Å². The van der Waals surface area contributed by atoms with Gasteiger partial charge in [-0.1, -0.05) is 12.1 Å². The molecule has 0 amide bonds. The molecular weight excluding hydrogens is 238 g/mol. The van der Waals surface area contributed by atoms with E-state index in [1.165, 1.54) is 5.52 Å². The highest BCUT2D eigenvalue weighted by molar-refractivity contribution is 5.75. The fraction of sp³-hybridized carbons (Fsp3) is 0.533. The lowest BCUT2D eigenvalue weighted by Crippen LogP contribution is -2.25. The van der Waals surface area contributed by atoms with E-state index in [-0.39, 0.29) is 5.60 Å². The number of hydrogen-bond donors (Lipinski definition) is 1. The van der Waals surface area contributed by atoms with E-state index in [0.29, 0.717) is 6.54 Å². The van der Waals surface area contributed by atoms with Crippen molar-refractivity contribution in [3.8, 4) is 0 Å². The molecule has 0 spiro atoms. The molecule has 0 aliphatic heterocycles. The summed E-state index contributed by atoms with van der Waals surface area (Å²) in [4.78, 5) is 4.67. The zero-order valence-electron chi connectivity index (χ0n) is 12.0. The first-order valence-electron chi connectivity index (χ1n) is 6.77. The first kappa shape index (κ1) is 14.0. The molecule has 0 saturated heterocycles. The second kappa shape index (κ2) is 5.72. The maximum absolute atomic E-state index is 5.68. The summed E-state index contributed by atoms with van der Waals surface area (Å²) in [5, 5.41) is 0. The molecule has 2 N–H and O–H groups in total. The van der Waals surface area contributed by atoms with Crippen molar-refractivity contribution in [1.29, 1.82) is 0 Å². The minimum absolute atomic E-state index is 0.120. The standard InChI is InChI=1S/C15H23N3O/c1-15(2,19-3)9-11-18-13-7-5-4-6-12(13)17-14(18)8-10-16/h4-7H,8-11,16H2,1-3H3. The molecule has 0 aliphatic rings. The average Bonchev–Trinajstić information content (AvgIpc) is 2.74. The molecule has 1 aromatic carbocycles. The van der Waals surface area contributed by atoms with Gasteiger partial charge in [0.25, 0.3) is 0 Å². The van der Waals surface area contributed by atoms with Crippen molar-refractivity contribution in [2.24, 2.45) is 5.73 Å². The van der Waals surface area contributed by atoms with Gasteiger partial charge in [0.2, 0.25) is 0 Å². The van der Waals surface area contributed by atoms with E-state index in [1.807, 2.05) is 18.2 Å². The molecule has 1 heterocycles. The van der Waals surface area contributed by atoms with Crippen LogP contribution in [-0.4, -0.2) is 28.8 Å². The molecule has 1 aromatic heterocycles. The summed E-state index contributed by atoms with van der Waals surface area (Å²) in [6.45, 7) is 5.73. The number of fused-ring (bicyclic) bond motifs is 1. The van der Waals surface area contributed by atoms with E-state index in [9.17, 15) is 0 Å². The lowest BCUT2D eigenvalue weighted by molar-refractivity contribution is 0.0121. The highest BCUT2D eigenvalue weighted by atomic mass is 16.5. The summed E-state index contributed by atoms with van der Waals surface area (Å²) in [6, 6.07) is 8.23. The Morgan fingerprint density at radius 2 is 2.05 bits per heavy atom. The van der Waals surface area contributed by atoms with Crippen LogP contribution >= 0.6 is 0 Å². The number of imidazole rings is 1. The van der Waals surface area contributed by atoms with Crippen molar-refractivity contribution in [2.45, 2.75) is 38.8 Å². The lowest BCUT2D eigenvalue weighted by Gasteiger charge is -2.23. The Balaban J connectivity index is 2.31. The van der Waals surface area contributed by atoms with Crippen LogP contribution in [0.2, 0.25) is 0 Å². The van der Waals surface area contributed by atoms with Gasteiger partial charge in [0.1, 0.15) is 5.82 Å². The van der Waals surface area contributed by atoms with Crippen LogP contribution in [0, 0.1) is 0 Å². The van der Waals surface area contributed by atoms with Gasteiger partial charge in [-0.05, 0) is 38.9 Å². The Bertz CT molecular complexity index is 545. The lowest BCUT2D eigenvalue weighted by atomic mass is 10.1. The van der Waals surface area contributed by atoms with Crippen molar-refractivity contribution < 1.29 is 4.74 Å². The number of para-hydroxylation sites is 2. The number of hydrogen-bond acceptors (Lipinski definition) is 3. The van der Waals surface area contributed by atoms with Crippen molar-refractivity contribution in [3.05, 3.63) is 30.1 Å². The summed E-state index contributed by atoms with van der Waals surface area (Å²) < 4.78 is 7.76. The minimum atomic E-state index is -0.120. The molecule has 0 fully saturated rings. The second-order valence-electron chi connectivity index (χ2n) is 5.42. The summed E-state index contributed by atoms with van der Waals surface area (Å²) in [6.07, 6.45) is 1.75. The molecule has 0 atom stereocenters. The molecular formula is C15H23N3O. The number of nitrogens with zero attached hydrogens (tertiary/aromatic N) is 2. The second-order valence-corrected chi connectivity index (χ2v) is 5.42. The molecule has 2 rings (SSSR count). The number of benzene rings is 1. The number of rotatable bonds is 6. The summed E-state index contributed by atoms with van der Waals surface area (Å²) in [7, 11) is 1.76. The van der Waals surface area contributed by atoms with Gasteiger partial charge in [-0.25, -0.2) is 4.98 Å². The van der Waals surface area contributed by atoms with Gasteiger partial charge >= 0.3 is 0 Å². The van der Waals surface area contributed by atoms with E-state index >= 15 is 0 Å². The number of methoxy groups -OCH3 is 1. The molecule has 0 bridgehead atoms. The van der Waals surface area contributed by atoms with Gasteiger partial charge < -0.3 is 15.0 Å². The fourth-order valence-electron chi connectivity index (χ4n) is 2.18. The first-order valence-corrected chi connectivity index (χ1v) is 6.77. The third kappa shape index (κ3) is 3.14. The zero-order chi connectivity index (χ0) is 13.9. The third-order valence-corrected chi connectivity index (χ3v) is 3.59. The SMILES string of the molecule is COC(C)(C)CCn1c(CCN)nc2ccccc21. The average molecular weight is 261 g/mol. The van der Waals surface area contributed by atoms with Crippen LogP contribution in [0.15, 0.2) is 24.3 Å². The number of nitrogens with two attached hydrogens (primary N) is 1. The molecule has 4 heteroatoms. The predicted octanol–water partition coefficient (Wildman–Crippen LogP) is 2.35. The van der Waals surface area contributed by atoms with Gasteiger partial charge in [0.05, 0.1) is 16.6 Å². The third-order valence-electron chi connectivity index (χ3n) is 3.59. The summed E-state index contributed by atoms with van der Waals surface area (Å²) in [5.41, 5.74) is 7.78. The zero-order valence-corrected chi connectivity index (χ0v) is 12.0. The molecule has 104 valence electrons. The van der Waals surface area contributed by atoms with Crippen LogP contribution in [0.5, 0.6) is 0 Å². The van der Waals surface area contributed by atoms with E-state index in [0.717, 1.165) is 30.7 Å². The number of aromatic nitrogens is 2. The smallest absolute Gasteiger partial charge is 0.111 e. The highest BCUT2D eigenvalue weighted by Crippen LogP contribution is 2.20. The Hall–Kier alpha value is -1.39. The molecule has 0 aliphatic carbocycles. The highest BCUT2D eigenvalue weighted by Gasteiger charge is 2.18. The topological polar surface area (TPSA) is 53.1 Å².